The van der Waals surface area contributed by atoms with Gasteiger partial charge in [-0.1, -0.05) is 12.8 Å². The van der Waals surface area contributed by atoms with Crippen LogP contribution in [0.3, 0.4) is 0 Å². The third-order valence-electron chi connectivity index (χ3n) is 4.00. The van der Waals surface area contributed by atoms with Crippen molar-refractivity contribution >= 4 is 0 Å². The first-order valence-electron chi connectivity index (χ1n) is 6.55. The van der Waals surface area contributed by atoms with Gasteiger partial charge in [0.1, 0.15) is 0 Å². The van der Waals surface area contributed by atoms with Gasteiger partial charge >= 0.3 is 0 Å². The molecule has 0 radical (unpaired) electrons. The Labute approximate surface area is 108 Å². The predicted molar refractivity (Wildman–Crippen MR) is 69.2 cm³/mol. The maximum atomic E-state index is 6.44. The molecule has 1 saturated carbocycles. The number of methoxy groups -OCH3 is 2. The lowest BCUT2D eigenvalue weighted by Crippen LogP contribution is -2.41. The molecule has 1 aliphatic rings. The Morgan fingerprint density at radius 2 is 2.17 bits per heavy atom. The van der Waals surface area contributed by atoms with E-state index in [-0.39, 0.29) is 11.6 Å². The molecule has 5 heteroatoms. The van der Waals surface area contributed by atoms with Gasteiger partial charge in [0.15, 0.2) is 0 Å². The van der Waals surface area contributed by atoms with Crippen molar-refractivity contribution in [1.82, 2.24) is 9.78 Å². The summed E-state index contributed by atoms with van der Waals surface area (Å²) in [6.07, 6.45) is 6.23. The van der Waals surface area contributed by atoms with Crippen molar-refractivity contribution in [3.05, 3.63) is 18.0 Å². The van der Waals surface area contributed by atoms with Gasteiger partial charge in [0.2, 0.25) is 0 Å². The third-order valence-corrected chi connectivity index (χ3v) is 4.00. The van der Waals surface area contributed by atoms with Crippen LogP contribution in [-0.4, -0.2) is 36.2 Å². The van der Waals surface area contributed by atoms with E-state index in [1.807, 2.05) is 10.7 Å². The smallest absolute Gasteiger partial charge is 0.0885 e. The summed E-state index contributed by atoms with van der Waals surface area (Å²) in [7, 11) is 3.46. The van der Waals surface area contributed by atoms with E-state index in [4.69, 9.17) is 15.2 Å². The summed E-state index contributed by atoms with van der Waals surface area (Å²) in [5.74, 6) is 0. The van der Waals surface area contributed by atoms with Gasteiger partial charge in [-0.25, -0.2) is 0 Å². The highest BCUT2D eigenvalue weighted by Crippen LogP contribution is 2.41. The van der Waals surface area contributed by atoms with Gasteiger partial charge in [-0.2, -0.15) is 5.10 Å². The van der Waals surface area contributed by atoms with Gasteiger partial charge in [0, 0.05) is 20.4 Å². The summed E-state index contributed by atoms with van der Waals surface area (Å²) in [5.41, 5.74) is 7.26. The number of ether oxygens (including phenoxy) is 2. The van der Waals surface area contributed by atoms with E-state index in [0.717, 1.165) is 25.1 Å². The summed E-state index contributed by atoms with van der Waals surface area (Å²) in [6.45, 7) is 1.37. The van der Waals surface area contributed by atoms with Gasteiger partial charge in [-0.15, -0.1) is 0 Å². The van der Waals surface area contributed by atoms with E-state index in [1.54, 1.807) is 20.4 Å². The van der Waals surface area contributed by atoms with E-state index >= 15 is 0 Å². The van der Waals surface area contributed by atoms with E-state index < -0.39 is 0 Å². The summed E-state index contributed by atoms with van der Waals surface area (Å²) >= 11 is 0. The summed E-state index contributed by atoms with van der Waals surface area (Å²) in [4.78, 5) is 0. The quantitative estimate of drug-likeness (QED) is 0.834. The lowest BCUT2D eigenvalue weighted by molar-refractivity contribution is -0.0286. The molecular weight excluding hydrogens is 230 g/mol. The molecule has 1 heterocycles. The van der Waals surface area contributed by atoms with Gasteiger partial charge in [0.25, 0.3) is 0 Å². The van der Waals surface area contributed by atoms with Gasteiger partial charge in [-0.3, -0.25) is 4.68 Å². The minimum absolute atomic E-state index is 0.121. The fourth-order valence-corrected chi connectivity index (χ4v) is 2.86. The highest BCUT2D eigenvalue weighted by molar-refractivity contribution is 5.14. The van der Waals surface area contributed by atoms with Crippen LogP contribution < -0.4 is 5.73 Å². The zero-order valence-corrected chi connectivity index (χ0v) is 11.3. The van der Waals surface area contributed by atoms with Crippen LogP contribution in [0.5, 0.6) is 0 Å². The second-order valence-electron chi connectivity index (χ2n) is 4.93. The molecule has 2 N–H and O–H groups in total. The molecule has 5 nitrogen and oxygen atoms in total. The summed E-state index contributed by atoms with van der Waals surface area (Å²) < 4.78 is 12.8. The minimum Gasteiger partial charge on any atom is -0.383 e. The molecule has 1 fully saturated rings. The predicted octanol–water partition coefficient (Wildman–Crippen LogP) is 1.49. The van der Waals surface area contributed by atoms with Crippen molar-refractivity contribution in [3.63, 3.8) is 0 Å². The summed E-state index contributed by atoms with van der Waals surface area (Å²) in [5, 5.41) is 4.31. The molecule has 0 spiro atoms. The van der Waals surface area contributed by atoms with Crippen LogP contribution in [0.4, 0.5) is 0 Å². The zero-order valence-electron chi connectivity index (χ0n) is 11.3. The van der Waals surface area contributed by atoms with Crippen LogP contribution in [0.25, 0.3) is 0 Å². The molecule has 2 rings (SSSR count). The molecule has 0 saturated heterocycles. The van der Waals surface area contributed by atoms with Crippen LogP contribution >= 0.6 is 0 Å². The maximum absolute atomic E-state index is 6.44. The molecule has 0 aliphatic heterocycles. The second kappa shape index (κ2) is 5.82. The first-order chi connectivity index (χ1) is 8.73. The van der Waals surface area contributed by atoms with Crippen molar-refractivity contribution in [2.45, 2.75) is 43.9 Å². The topological polar surface area (TPSA) is 62.3 Å². The lowest BCUT2D eigenvalue weighted by Gasteiger charge is -2.34. The number of nitrogens with zero attached hydrogens (tertiary/aromatic N) is 2. The molecule has 102 valence electrons. The Morgan fingerprint density at radius 3 is 2.78 bits per heavy atom. The van der Waals surface area contributed by atoms with Crippen molar-refractivity contribution in [2.24, 2.45) is 5.73 Å². The van der Waals surface area contributed by atoms with Crippen LogP contribution in [0, 0.1) is 0 Å². The minimum atomic E-state index is -0.217. The van der Waals surface area contributed by atoms with Crippen LogP contribution in [0.15, 0.2) is 12.3 Å². The Kier molecular flexibility index (Phi) is 4.37. The molecule has 0 amide bonds. The number of hydrogen-bond acceptors (Lipinski definition) is 4. The van der Waals surface area contributed by atoms with E-state index in [9.17, 15) is 0 Å². The Balaban J connectivity index is 2.17. The van der Waals surface area contributed by atoms with Crippen LogP contribution in [0.1, 0.15) is 37.4 Å². The zero-order chi connectivity index (χ0) is 13.0. The molecular formula is C13H23N3O2. The van der Waals surface area contributed by atoms with Gasteiger partial charge in [0.05, 0.1) is 30.5 Å². The normalized spacial score (nSPS) is 20.2. The first-order valence-corrected chi connectivity index (χ1v) is 6.55. The highest BCUT2D eigenvalue weighted by Gasteiger charge is 2.41. The average molecular weight is 253 g/mol. The largest absolute Gasteiger partial charge is 0.383 e. The fraction of sp³-hybridized carbons (Fsp3) is 0.769. The van der Waals surface area contributed by atoms with Crippen LogP contribution in [0.2, 0.25) is 0 Å². The van der Waals surface area contributed by atoms with Crippen LogP contribution in [-0.2, 0) is 16.0 Å². The Morgan fingerprint density at radius 1 is 1.44 bits per heavy atom. The fourth-order valence-electron chi connectivity index (χ4n) is 2.86. The lowest BCUT2D eigenvalue weighted by atomic mass is 9.90. The molecule has 1 unspecified atom stereocenters. The summed E-state index contributed by atoms with van der Waals surface area (Å²) in [6, 6.07) is 1.86. The number of aromatic nitrogens is 2. The standard InChI is InChI=1S/C13H23N3O2/c1-17-10-9-16-11(5-8-15-16)12(14)13(18-2)6-3-4-7-13/h5,8,12H,3-4,6-7,9-10,14H2,1-2H3. The molecule has 1 aliphatic carbocycles. The Hall–Kier alpha value is -0.910. The molecule has 0 aromatic carbocycles. The van der Waals surface area contributed by atoms with E-state index in [2.05, 4.69) is 5.10 Å². The van der Waals surface area contributed by atoms with E-state index in [0.29, 0.717) is 6.61 Å². The average Bonchev–Trinajstić information content (AvgIpc) is 3.05. The van der Waals surface area contributed by atoms with E-state index in [1.165, 1.54) is 12.8 Å². The van der Waals surface area contributed by atoms with Crippen molar-refractivity contribution < 1.29 is 9.47 Å². The highest BCUT2D eigenvalue weighted by atomic mass is 16.5. The Bertz CT molecular complexity index is 372. The maximum Gasteiger partial charge on any atom is 0.0885 e. The molecule has 1 aromatic heterocycles. The van der Waals surface area contributed by atoms with Gasteiger partial charge < -0.3 is 15.2 Å². The van der Waals surface area contributed by atoms with Crippen molar-refractivity contribution in [1.29, 1.82) is 0 Å². The third kappa shape index (κ3) is 2.43. The van der Waals surface area contributed by atoms with Crippen molar-refractivity contribution in [3.8, 4) is 0 Å². The monoisotopic (exact) mass is 253 g/mol. The molecule has 0 bridgehead atoms. The SMILES string of the molecule is COCCn1nccc1C(N)C1(OC)CCCC1. The van der Waals surface area contributed by atoms with Gasteiger partial charge in [-0.05, 0) is 18.9 Å². The number of hydrogen-bond donors (Lipinski definition) is 1. The molecule has 1 aromatic rings. The number of nitrogens with two attached hydrogens (primary N) is 1. The van der Waals surface area contributed by atoms with Crippen molar-refractivity contribution in [2.75, 3.05) is 20.8 Å². The second-order valence-corrected chi connectivity index (χ2v) is 4.93. The molecule has 18 heavy (non-hydrogen) atoms. The first kappa shape index (κ1) is 13.5. The number of rotatable bonds is 6. The molecule has 1 atom stereocenters.